The van der Waals surface area contributed by atoms with Crippen LogP contribution in [0.15, 0.2) is 29.3 Å². The van der Waals surface area contributed by atoms with Crippen molar-refractivity contribution in [2.75, 3.05) is 26.7 Å². The number of guanidine groups is 1. The van der Waals surface area contributed by atoms with E-state index in [1.165, 1.54) is 6.07 Å². The van der Waals surface area contributed by atoms with Gasteiger partial charge in [0.2, 0.25) is 0 Å². The summed E-state index contributed by atoms with van der Waals surface area (Å²) >= 11 is 0. The van der Waals surface area contributed by atoms with Crippen LogP contribution in [-0.4, -0.2) is 44.3 Å². The highest BCUT2D eigenvalue weighted by Gasteiger charge is 2.44. The van der Waals surface area contributed by atoms with Gasteiger partial charge in [-0.2, -0.15) is 0 Å². The first-order valence-corrected chi connectivity index (χ1v) is 9.41. The SMILES string of the molecule is CN=C(NCCCNC(=O)OC(C)(C)C)NCC1(c2cccc(F)c2)CC1.I. The van der Waals surface area contributed by atoms with Gasteiger partial charge in [0.05, 0.1) is 0 Å². The Bertz CT molecular complexity index is 672. The highest BCUT2D eigenvalue weighted by atomic mass is 127. The number of hydrogen-bond acceptors (Lipinski definition) is 3. The standard InChI is InChI=1S/C20H31FN4O2.HI/c1-19(2,3)27-18(26)24-12-6-11-23-17(22-4)25-14-20(9-10-20)15-7-5-8-16(21)13-15;/h5,7-8,13H,6,9-12,14H2,1-4H3,(H,24,26)(H2,22,23,25);1H. The smallest absolute Gasteiger partial charge is 0.407 e. The number of amides is 1. The first kappa shape index (κ1) is 24.5. The molecule has 0 atom stereocenters. The Balaban J connectivity index is 0.00000392. The highest BCUT2D eigenvalue weighted by Crippen LogP contribution is 2.47. The lowest BCUT2D eigenvalue weighted by molar-refractivity contribution is 0.0527. The molecule has 0 aromatic heterocycles. The summed E-state index contributed by atoms with van der Waals surface area (Å²) in [7, 11) is 1.72. The van der Waals surface area contributed by atoms with Crippen LogP contribution >= 0.6 is 24.0 Å². The van der Waals surface area contributed by atoms with E-state index in [2.05, 4.69) is 20.9 Å². The molecule has 2 rings (SSSR count). The second-order valence-electron chi connectivity index (χ2n) is 7.93. The Morgan fingerprint density at radius 1 is 1.21 bits per heavy atom. The molecule has 1 aromatic rings. The van der Waals surface area contributed by atoms with E-state index in [0.29, 0.717) is 25.6 Å². The quantitative estimate of drug-likeness (QED) is 0.229. The average molecular weight is 506 g/mol. The Hall–Kier alpha value is -1.58. The molecule has 0 unspecified atom stereocenters. The molecule has 0 radical (unpaired) electrons. The molecule has 28 heavy (non-hydrogen) atoms. The van der Waals surface area contributed by atoms with Crippen molar-refractivity contribution in [3.05, 3.63) is 35.6 Å². The van der Waals surface area contributed by atoms with E-state index in [-0.39, 0.29) is 35.2 Å². The summed E-state index contributed by atoms with van der Waals surface area (Å²) in [6, 6.07) is 6.83. The molecule has 1 amide bonds. The summed E-state index contributed by atoms with van der Waals surface area (Å²) < 4.78 is 18.7. The van der Waals surface area contributed by atoms with Crippen molar-refractivity contribution in [3.63, 3.8) is 0 Å². The Labute approximate surface area is 184 Å². The third-order valence-electron chi connectivity index (χ3n) is 4.42. The fourth-order valence-corrected chi connectivity index (χ4v) is 2.81. The number of rotatable bonds is 7. The Morgan fingerprint density at radius 2 is 1.89 bits per heavy atom. The minimum absolute atomic E-state index is 0. The number of hydrogen-bond donors (Lipinski definition) is 3. The minimum Gasteiger partial charge on any atom is -0.444 e. The third kappa shape index (κ3) is 8.20. The number of carbonyl (C=O) groups excluding carboxylic acids is 1. The van der Waals surface area contributed by atoms with Crippen molar-refractivity contribution < 1.29 is 13.9 Å². The summed E-state index contributed by atoms with van der Waals surface area (Å²) in [5.74, 6) is 0.508. The predicted molar refractivity (Wildman–Crippen MR) is 121 cm³/mol. The van der Waals surface area contributed by atoms with Gasteiger partial charge in [0.25, 0.3) is 0 Å². The van der Waals surface area contributed by atoms with Crippen LogP contribution in [0.3, 0.4) is 0 Å². The van der Waals surface area contributed by atoms with Gasteiger partial charge in [0.1, 0.15) is 11.4 Å². The largest absolute Gasteiger partial charge is 0.444 e. The van der Waals surface area contributed by atoms with Crippen molar-refractivity contribution in [2.45, 2.75) is 51.0 Å². The van der Waals surface area contributed by atoms with E-state index >= 15 is 0 Å². The van der Waals surface area contributed by atoms with Crippen LogP contribution in [-0.2, 0) is 10.2 Å². The molecule has 0 bridgehead atoms. The van der Waals surface area contributed by atoms with Crippen molar-refractivity contribution in [2.24, 2.45) is 4.99 Å². The number of ether oxygens (including phenoxy) is 1. The van der Waals surface area contributed by atoms with E-state index < -0.39 is 11.7 Å². The zero-order valence-corrected chi connectivity index (χ0v) is 19.4. The van der Waals surface area contributed by atoms with Crippen molar-refractivity contribution >= 4 is 36.0 Å². The summed E-state index contributed by atoms with van der Waals surface area (Å²) in [6.45, 7) is 7.40. The van der Waals surface area contributed by atoms with Crippen LogP contribution in [0.25, 0.3) is 0 Å². The number of nitrogens with zero attached hydrogens (tertiary/aromatic N) is 1. The van der Waals surface area contributed by atoms with E-state index in [0.717, 1.165) is 24.8 Å². The second kappa shape index (κ2) is 10.8. The molecule has 1 fully saturated rings. The van der Waals surface area contributed by atoms with Crippen LogP contribution in [0, 0.1) is 5.82 Å². The lowest BCUT2D eigenvalue weighted by Gasteiger charge is -2.20. The van der Waals surface area contributed by atoms with E-state index in [1.54, 1.807) is 19.2 Å². The van der Waals surface area contributed by atoms with Crippen molar-refractivity contribution in [3.8, 4) is 0 Å². The fraction of sp³-hybridized carbons (Fsp3) is 0.600. The van der Waals surface area contributed by atoms with Crippen LogP contribution in [0.4, 0.5) is 9.18 Å². The molecule has 1 aliphatic carbocycles. The molecular weight excluding hydrogens is 474 g/mol. The molecular formula is C20H32FIN4O2. The summed E-state index contributed by atoms with van der Waals surface area (Å²) in [4.78, 5) is 15.8. The zero-order valence-electron chi connectivity index (χ0n) is 17.1. The summed E-state index contributed by atoms with van der Waals surface area (Å²) in [5, 5.41) is 9.28. The van der Waals surface area contributed by atoms with Crippen LogP contribution in [0.1, 0.15) is 45.6 Å². The number of carbonyl (C=O) groups is 1. The number of aliphatic imine (C=N–C) groups is 1. The molecule has 6 nitrogen and oxygen atoms in total. The van der Waals surface area contributed by atoms with Crippen molar-refractivity contribution in [1.29, 1.82) is 0 Å². The van der Waals surface area contributed by atoms with E-state index in [1.807, 2.05) is 26.8 Å². The van der Waals surface area contributed by atoms with Gasteiger partial charge < -0.3 is 20.7 Å². The maximum atomic E-state index is 13.5. The average Bonchev–Trinajstić information content (AvgIpc) is 3.37. The monoisotopic (exact) mass is 506 g/mol. The van der Waals surface area contributed by atoms with Gasteiger partial charge in [-0.15, -0.1) is 24.0 Å². The van der Waals surface area contributed by atoms with Crippen molar-refractivity contribution in [1.82, 2.24) is 16.0 Å². The van der Waals surface area contributed by atoms with Crippen LogP contribution in [0.5, 0.6) is 0 Å². The molecule has 158 valence electrons. The lowest BCUT2D eigenvalue weighted by Crippen LogP contribution is -2.42. The van der Waals surface area contributed by atoms with Gasteiger partial charge in [0, 0.05) is 32.1 Å². The molecule has 0 saturated heterocycles. The van der Waals surface area contributed by atoms with Crippen LogP contribution in [0.2, 0.25) is 0 Å². The molecule has 1 aromatic carbocycles. The van der Waals surface area contributed by atoms with Gasteiger partial charge in [-0.05, 0) is 57.7 Å². The topological polar surface area (TPSA) is 74.8 Å². The van der Waals surface area contributed by atoms with E-state index in [9.17, 15) is 9.18 Å². The molecule has 0 aliphatic heterocycles. The fourth-order valence-electron chi connectivity index (χ4n) is 2.81. The molecule has 0 heterocycles. The Morgan fingerprint density at radius 3 is 2.46 bits per heavy atom. The zero-order chi connectivity index (χ0) is 19.9. The third-order valence-corrected chi connectivity index (χ3v) is 4.42. The normalized spacial score (nSPS) is 15.2. The summed E-state index contributed by atoms with van der Waals surface area (Å²) in [6.07, 6.45) is 2.42. The van der Waals surface area contributed by atoms with Gasteiger partial charge in [-0.3, -0.25) is 4.99 Å². The number of benzene rings is 1. The van der Waals surface area contributed by atoms with E-state index in [4.69, 9.17) is 4.74 Å². The molecule has 0 spiro atoms. The highest BCUT2D eigenvalue weighted by molar-refractivity contribution is 14.0. The number of alkyl carbamates (subject to hydrolysis) is 1. The maximum absolute atomic E-state index is 13.5. The molecule has 8 heteroatoms. The minimum atomic E-state index is -0.491. The van der Waals surface area contributed by atoms with Gasteiger partial charge in [-0.1, -0.05) is 12.1 Å². The summed E-state index contributed by atoms with van der Waals surface area (Å²) in [5.41, 5.74) is 0.541. The van der Waals surface area contributed by atoms with Crippen LogP contribution < -0.4 is 16.0 Å². The number of nitrogens with one attached hydrogen (secondary N) is 3. The maximum Gasteiger partial charge on any atom is 0.407 e. The predicted octanol–water partition coefficient (Wildman–Crippen LogP) is 3.56. The molecule has 1 saturated carbocycles. The second-order valence-corrected chi connectivity index (χ2v) is 7.93. The molecule has 3 N–H and O–H groups in total. The van der Waals surface area contributed by atoms with Gasteiger partial charge in [0.15, 0.2) is 5.96 Å². The first-order chi connectivity index (χ1) is 12.7. The number of halogens is 2. The first-order valence-electron chi connectivity index (χ1n) is 9.41. The van der Waals surface area contributed by atoms with Gasteiger partial charge in [-0.25, -0.2) is 9.18 Å². The lowest BCUT2D eigenvalue weighted by atomic mass is 9.96. The Kier molecular flexibility index (Phi) is 9.46. The van der Waals surface area contributed by atoms with Gasteiger partial charge >= 0.3 is 6.09 Å². The molecule has 1 aliphatic rings.